The van der Waals surface area contributed by atoms with Crippen LogP contribution in [0.5, 0.6) is 0 Å². The monoisotopic (exact) mass is 449 g/mol. The van der Waals surface area contributed by atoms with Gasteiger partial charge in [-0.05, 0) is 35.4 Å². The number of hydrogen-bond acceptors (Lipinski definition) is 4. The molecule has 1 aliphatic heterocycles. The molecule has 1 unspecified atom stereocenters. The van der Waals surface area contributed by atoms with Gasteiger partial charge in [-0.2, -0.15) is 0 Å². The van der Waals surface area contributed by atoms with Crippen molar-refractivity contribution in [3.05, 3.63) is 118 Å². The molecule has 1 N–H and O–H groups in total. The summed E-state index contributed by atoms with van der Waals surface area (Å²) in [7, 11) is 0. The van der Waals surface area contributed by atoms with Crippen molar-refractivity contribution < 1.29 is 9.59 Å². The lowest BCUT2D eigenvalue weighted by Crippen LogP contribution is -2.37. The summed E-state index contributed by atoms with van der Waals surface area (Å²) in [6, 6.07) is 23.9. The average molecular weight is 450 g/mol. The van der Waals surface area contributed by atoms with Crippen LogP contribution in [0.4, 0.5) is 5.13 Å². The van der Waals surface area contributed by atoms with Gasteiger partial charge in [-0.25, -0.2) is 4.98 Å². The Hall–Kier alpha value is -4.21. The fourth-order valence-electron chi connectivity index (χ4n) is 3.84. The van der Waals surface area contributed by atoms with Gasteiger partial charge >= 0.3 is 0 Å². The van der Waals surface area contributed by atoms with Gasteiger partial charge < -0.3 is 4.90 Å². The molecule has 0 spiro atoms. The second-order valence-electron chi connectivity index (χ2n) is 7.56. The molecular formula is C27H19N3O2S. The van der Waals surface area contributed by atoms with Crippen molar-refractivity contribution in [2.24, 2.45) is 0 Å². The SMILES string of the molecule is O=C(Nc1nccs1)C(c1ccccc1)N1Cc2ccc(C#Cc3ccccc3)cc2C1=O. The molecule has 160 valence electrons. The first kappa shape index (κ1) is 20.7. The number of nitrogens with zero attached hydrogens (tertiary/aromatic N) is 2. The summed E-state index contributed by atoms with van der Waals surface area (Å²) in [6.07, 6.45) is 1.63. The van der Waals surface area contributed by atoms with Crippen LogP contribution >= 0.6 is 11.3 Å². The molecule has 0 aliphatic carbocycles. The van der Waals surface area contributed by atoms with E-state index in [1.807, 2.05) is 78.9 Å². The van der Waals surface area contributed by atoms with Crippen LogP contribution in [0.25, 0.3) is 0 Å². The maximum absolute atomic E-state index is 13.4. The van der Waals surface area contributed by atoms with E-state index in [9.17, 15) is 9.59 Å². The molecule has 1 atom stereocenters. The predicted molar refractivity (Wildman–Crippen MR) is 129 cm³/mol. The Kier molecular flexibility index (Phi) is 5.71. The van der Waals surface area contributed by atoms with Crippen molar-refractivity contribution in [2.45, 2.75) is 12.6 Å². The molecule has 5 nitrogen and oxygen atoms in total. The quantitative estimate of drug-likeness (QED) is 0.452. The van der Waals surface area contributed by atoms with Crippen molar-refractivity contribution in [3.63, 3.8) is 0 Å². The fourth-order valence-corrected chi connectivity index (χ4v) is 4.37. The highest BCUT2D eigenvalue weighted by atomic mass is 32.1. The minimum atomic E-state index is -0.770. The summed E-state index contributed by atoms with van der Waals surface area (Å²) in [5.74, 6) is 5.78. The molecule has 3 aromatic carbocycles. The number of anilines is 1. The summed E-state index contributed by atoms with van der Waals surface area (Å²) in [5.41, 5.74) is 3.88. The lowest BCUT2D eigenvalue weighted by molar-refractivity contribution is -0.120. The van der Waals surface area contributed by atoms with Gasteiger partial charge in [0.2, 0.25) is 0 Å². The number of thiazole rings is 1. The van der Waals surface area contributed by atoms with Crippen LogP contribution in [0, 0.1) is 11.8 Å². The van der Waals surface area contributed by atoms with E-state index in [1.54, 1.807) is 16.5 Å². The third-order valence-corrected chi connectivity index (χ3v) is 6.09. The molecule has 1 aromatic heterocycles. The maximum atomic E-state index is 13.4. The van der Waals surface area contributed by atoms with Gasteiger partial charge in [0.15, 0.2) is 5.13 Å². The number of benzene rings is 3. The highest BCUT2D eigenvalue weighted by Crippen LogP contribution is 2.33. The van der Waals surface area contributed by atoms with Crippen LogP contribution in [-0.2, 0) is 11.3 Å². The normalized spacial score (nSPS) is 13.1. The van der Waals surface area contributed by atoms with Gasteiger partial charge in [0.1, 0.15) is 6.04 Å². The second kappa shape index (κ2) is 9.11. The number of nitrogens with one attached hydrogen (secondary N) is 1. The van der Waals surface area contributed by atoms with E-state index in [0.29, 0.717) is 17.2 Å². The number of carbonyl (C=O) groups is 2. The zero-order valence-corrected chi connectivity index (χ0v) is 18.4. The van der Waals surface area contributed by atoms with E-state index in [4.69, 9.17) is 0 Å². The Morgan fingerprint density at radius 2 is 1.70 bits per heavy atom. The van der Waals surface area contributed by atoms with Gasteiger partial charge in [0.25, 0.3) is 11.8 Å². The summed E-state index contributed by atoms with van der Waals surface area (Å²) >= 11 is 1.34. The van der Waals surface area contributed by atoms with E-state index in [2.05, 4.69) is 22.1 Å². The Bertz CT molecular complexity index is 1360. The molecule has 6 heteroatoms. The molecule has 0 fully saturated rings. The summed E-state index contributed by atoms with van der Waals surface area (Å²) < 4.78 is 0. The van der Waals surface area contributed by atoms with E-state index in [-0.39, 0.29) is 11.8 Å². The van der Waals surface area contributed by atoms with Gasteiger partial charge in [0, 0.05) is 34.8 Å². The van der Waals surface area contributed by atoms with E-state index >= 15 is 0 Å². The van der Waals surface area contributed by atoms with Crippen LogP contribution in [0.1, 0.15) is 38.7 Å². The highest BCUT2D eigenvalue weighted by Gasteiger charge is 2.37. The lowest BCUT2D eigenvalue weighted by atomic mass is 10.0. The molecule has 0 saturated carbocycles. The van der Waals surface area contributed by atoms with Crippen LogP contribution in [-0.4, -0.2) is 21.7 Å². The van der Waals surface area contributed by atoms with E-state index < -0.39 is 6.04 Å². The molecule has 1 aliphatic rings. The number of rotatable bonds is 4. The standard InChI is InChI=1S/C27H19N3O2S/c31-25(29-27-28-15-16-33-27)24(21-9-5-2-6-10-21)30-18-22-14-13-20(17-23(22)26(30)32)12-11-19-7-3-1-4-8-19/h1-10,13-17,24H,18H2,(H,28,29,31). The fraction of sp³-hybridized carbons (Fsp3) is 0.0741. The van der Waals surface area contributed by atoms with Gasteiger partial charge in [0.05, 0.1) is 0 Å². The number of carbonyl (C=O) groups excluding carboxylic acids is 2. The lowest BCUT2D eigenvalue weighted by Gasteiger charge is -2.27. The molecule has 2 amide bonds. The van der Waals surface area contributed by atoms with Crippen molar-refractivity contribution in [3.8, 4) is 11.8 Å². The molecule has 33 heavy (non-hydrogen) atoms. The first-order valence-electron chi connectivity index (χ1n) is 10.5. The first-order chi connectivity index (χ1) is 16.2. The Morgan fingerprint density at radius 3 is 2.42 bits per heavy atom. The molecular weight excluding hydrogens is 430 g/mol. The second-order valence-corrected chi connectivity index (χ2v) is 8.46. The van der Waals surface area contributed by atoms with E-state index in [1.165, 1.54) is 11.3 Å². The third-order valence-electron chi connectivity index (χ3n) is 5.40. The van der Waals surface area contributed by atoms with Gasteiger partial charge in [-0.3, -0.25) is 14.9 Å². The Labute approximate surface area is 195 Å². The van der Waals surface area contributed by atoms with Crippen LogP contribution in [0.3, 0.4) is 0 Å². The summed E-state index contributed by atoms with van der Waals surface area (Å²) in [4.78, 5) is 32.4. The number of amides is 2. The van der Waals surface area contributed by atoms with Crippen LogP contribution < -0.4 is 5.32 Å². The van der Waals surface area contributed by atoms with E-state index in [0.717, 1.165) is 22.3 Å². The minimum absolute atomic E-state index is 0.184. The van der Waals surface area contributed by atoms with Crippen molar-refractivity contribution in [2.75, 3.05) is 5.32 Å². The van der Waals surface area contributed by atoms with Gasteiger partial charge in [-0.15, -0.1) is 11.3 Å². The number of hydrogen-bond donors (Lipinski definition) is 1. The van der Waals surface area contributed by atoms with Crippen LogP contribution in [0.15, 0.2) is 90.4 Å². The first-order valence-corrected chi connectivity index (χ1v) is 11.3. The molecule has 5 rings (SSSR count). The largest absolute Gasteiger partial charge is 0.318 e. The Morgan fingerprint density at radius 1 is 0.970 bits per heavy atom. The van der Waals surface area contributed by atoms with Gasteiger partial charge in [-0.1, -0.05) is 66.4 Å². The number of fused-ring (bicyclic) bond motifs is 1. The maximum Gasteiger partial charge on any atom is 0.255 e. The third kappa shape index (κ3) is 4.40. The zero-order valence-electron chi connectivity index (χ0n) is 17.6. The topological polar surface area (TPSA) is 62.3 Å². The van der Waals surface area contributed by atoms with Crippen molar-refractivity contribution >= 4 is 28.3 Å². The smallest absolute Gasteiger partial charge is 0.255 e. The predicted octanol–water partition coefficient (Wildman–Crippen LogP) is 4.88. The molecule has 0 radical (unpaired) electrons. The Balaban J connectivity index is 1.44. The highest BCUT2D eigenvalue weighted by molar-refractivity contribution is 7.13. The molecule has 0 bridgehead atoms. The molecule has 0 saturated heterocycles. The molecule has 2 heterocycles. The average Bonchev–Trinajstić information content (AvgIpc) is 3.47. The van der Waals surface area contributed by atoms with Crippen molar-refractivity contribution in [1.29, 1.82) is 0 Å². The molecule has 4 aromatic rings. The summed E-state index contributed by atoms with van der Waals surface area (Å²) in [5, 5.41) is 5.14. The summed E-state index contributed by atoms with van der Waals surface area (Å²) in [6.45, 7) is 0.353. The van der Waals surface area contributed by atoms with Crippen molar-refractivity contribution in [1.82, 2.24) is 9.88 Å². The number of aromatic nitrogens is 1. The zero-order chi connectivity index (χ0) is 22.6. The minimum Gasteiger partial charge on any atom is -0.318 e. The van der Waals surface area contributed by atoms with Crippen LogP contribution in [0.2, 0.25) is 0 Å².